The summed E-state index contributed by atoms with van der Waals surface area (Å²) < 4.78 is 0. The molecule has 5 heteroatoms. The van der Waals surface area contributed by atoms with Crippen LogP contribution in [0, 0.1) is 0 Å². The number of anilines is 2. The average Bonchev–Trinajstić information content (AvgIpc) is 3.01. The first-order valence-electron chi connectivity index (χ1n) is 7.19. The SMILES string of the molecule is Clc1ccc(Nc2cncnc2)c(-c2c[nH]c3ccccc23)c1. The first-order valence-corrected chi connectivity index (χ1v) is 7.57. The molecule has 0 saturated heterocycles. The number of halogens is 1. The van der Waals surface area contributed by atoms with Crippen molar-refractivity contribution in [2.75, 3.05) is 5.32 Å². The molecule has 4 rings (SSSR count). The fourth-order valence-electron chi connectivity index (χ4n) is 2.66. The van der Waals surface area contributed by atoms with Crippen molar-refractivity contribution in [3.63, 3.8) is 0 Å². The van der Waals surface area contributed by atoms with Crippen LogP contribution in [-0.4, -0.2) is 15.0 Å². The van der Waals surface area contributed by atoms with Crippen LogP contribution in [0.2, 0.25) is 5.02 Å². The molecule has 0 spiro atoms. The molecule has 2 N–H and O–H groups in total. The van der Waals surface area contributed by atoms with E-state index in [9.17, 15) is 0 Å². The molecule has 0 radical (unpaired) electrons. The Morgan fingerprint density at radius 1 is 0.957 bits per heavy atom. The number of aromatic nitrogens is 3. The van der Waals surface area contributed by atoms with Gasteiger partial charge in [-0.15, -0.1) is 0 Å². The lowest BCUT2D eigenvalue weighted by atomic mass is 10.0. The number of fused-ring (bicyclic) bond motifs is 1. The Hall–Kier alpha value is -2.85. The van der Waals surface area contributed by atoms with E-state index in [1.807, 2.05) is 36.5 Å². The molecule has 0 bridgehead atoms. The molecule has 0 amide bonds. The lowest BCUT2D eigenvalue weighted by Gasteiger charge is -2.12. The van der Waals surface area contributed by atoms with Gasteiger partial charge >= 0.3 is 0 Å². The van der Waals surface area contributed by atoms with Crippen molar-refractivity contribution in [3.05, 3.63) is 72.4 Å². The van der Waals surface area contributed by atoms with Gasteiger partial charge in [0.15, 0.2) is 0 Å². The zero-order valence-electron chi connectivity index (χ0n) is 12.1. The van der Waals surface area contributed by atoms with Crippen LogP contribution in [0.4, 0.5) is 11.4 Å². The third-order valence-electron chi connectivity index (χ3n) is 3.70. The molecule has 0 aliphatic carbocycles. The largest absolute Gasteiger partial charge is 0.361 e. The van der Waals surface area contributed by atoms with Crippen molar-refractivity contribution in [2.45, 2.75) is 0 Å². The Morgan fingerprint density at radius 2 is 1.78 bits per heavy atom. The summed E-state index contributed by atoms with van der Waals surface area (Å²) >= 11 is 6.23. The van der Waals surface area contributed by atoms with E-state index in [4.69, 9.17) is 11.6 Å². The summed E-state index contributed by atoms with van der Waals surface area (Å²) in [5.74, 6) is 0. The van der Waals surface area contributed by atoms with Crippen LogP contribution in [-0.2, 0) is 0 Å². The predicted molar refractivity (Wildman–Crippen MR) is 94.1 cm³/mol. The molecular weight excluding hydrogens is 308 g/mol. The van der Waals surface area contributed by atoms with E-state index >= 15 is 0 Å². The van der Waals surface area contributed by atoms with Gasteiger partial charge in [-0.05, 0) is 24.3 Å². The molecule has 0 aliphatic rings. The highest BCUT2D eigenvalue weighted by Crippen LogP contribution is 2.36. The first kappa shape index (κ1) is 13.8. The molecule has 0 fully saturated rings. The number of aromatic amines is 1. The van der Waals surface area contributed by atoms with E-state index in [0.717, 1.165) is 33.4 Å². The van der Waals surface area contributed by atoms with Crippen molar-refractivity contribution in [3.8, 4) is 11.1 Å². The summed E-state index contributed by atoms with van der Waals surface area (Å²) in [6.45, 7) is 0. The van der Waals surface area contributed by atoms with Crippen molar-refractivity contribution in [1.82, 2.24) is 15.0 Å². The highest BCUT2D eigenvalue weighted by molar-refractivity contribution is 6.31. The molecule has 4 aromatic rings. The summed E-state index contributed by atoms with van der Waals surface area (Å²) in [4.78, 5) is 11.4. The predicted octanol–water partition coefficient (Wildman–Crippen LogP) is 5.02. The van der Waals surface area contributed by atoms with Gasteiger partial charge in [0.2, 0.25) is 0 Å². The van der Waals surface area contributed by atoms with E-state index in [-0.39, 0.29) is 0 Å². The monoisotopic (exact) mass is 320 g/mol. The Balaban J connectivity index is 1.86. The van der Waals surface area contributed by atoms with Crippen LogP contribution < -0.4 is 5.32 Å². The number of nitrogens with one attached hydrogen (secondary N) is 2. The van der Waals surface area contributed by atoms with E-state index in [2.05, 4.69) is 32.4 Å². The lowest BCUT2D eigenvalue weighted by Crippen LogP contribution is -1.94. The van der Waals surface area contributed by atoms with Crippen LogP contribution >= 0.6 is 11.6 Å². The van der Waals surface area contributed by atoms with Crippen LogP contribution in [0.25, 0.3) is 22.0 Å². The van der Waals surface area contributed by atoms with Gasteiger partial charge in [-0.1, -0.05) is 29.8 Å². The number of para-hydroxylation sites is 1. The number of hydrogen-bond donors (Lipinski definition) is 2. The second-order valence-corrected chi connectivity index (χ2v) is 5.63. The Morgan fingerprint density at radius 3 is 2.65 bits per heavy atom. The van der Waals surface area contributed by atoms with Gasteiger partial charge in [-0.25, -0.2) is 9.97 Å². The Kier molecular flexibility index (Phi) is 3.44. The van der Waals surface area contributed by atoms with Crippen molar-refractivity contribution in [2.24, 2.45) is 0 Å². The van der Waals surface area contributed by atoms with Crippen LogP contribution in [0.3, 0.4) is 0 Å². The van der Waals surface area contributed by atoms with Gasteiger partial charge in [0.25, 0.3) is 0 Å². The van der Waals surface area contributed by atoms with Crippen LogP contribution in [0.5, 0.6) is 0 Å². The molecule has 0 atom stereocenters. The maximum absolute atomic E-state index is 6.23. The number of hydrogen-bond acceptors (Lipinski definition) is 3. The number of H-pyrrole nitrogens is 1. The number of benzene rings is 2. The molecule has 0 unspecified atom stereocenters. The van der Waals surface area contributed by atoms with Gasteiger partial charge < -0.3 is 10.3 Å². The van der Waals surface area contributed by atoms with Crippen LogP contribution in [0.15, 0.2) is 67.4 Å². The first-order chi connectivity index (χ1) is 11.3. The van der Waals surface area contributed by atoms with E-state index in [1.165, 1.54) is 6.33 Å². The number of rotatable bonds is 3. The third-order valence-corrected chi connectivity index (χ3v) is 3.94. The van der Waals surface area contributed by atoms with Gasteiger partial charge in [0.1, 0.15) is 6.33 Å². The van der Waals surface area contributed by atoms with E-state index in [1.54, 1.807) is 12.4 Å². The minimum Gasteiger partial charge on any atom is -0.361 e. The highest BCUT2D eigenvalue weighted by Gasteiger charge is 2.11. The Labute approximate surface area is 138 Å². The molecule has 2 aromatic heterocycles. The quantitative estimate of drug-likeness (QED) is 0.557. The molecule has 2 aromatic carbocycles. The average molecular weight is 321 g/mol. The smallest absolute Gasteiger partial charge is 0.115 e. The fourth-order valence-corrected chi connectivity index (χ4v) is 2.83. The summed E-state index contributed by atoms with van der Waals surface area (Å²) in [7, 11) is 0. The maximum atomic E-state index is 6.23. The molecule has 4 nitrogen and oxygen atoms in total. The zero-order valence-corrected chi connectivity index (χ0v) is 12.9. The molecule has 112 valence electrons. The second-order valence-electron chi connectivity index (χ2n) is 5.19. The maximum Gasteiger partial charge on any atom is 0.115 e. The topological polar surface area (TPSA) is 53.6 Å². The van der Waals surface area contributed by atoms with Gasteiger partial charge in [0, 0.05) is 38.9 Å². The second kappa shape index (κ2) is 5.74. The lowest BCUT2D eigenvalue weighted by molar-refractivity contribution is 1.17. The Bertz CT molecular complexity index is 963. The van der Waals surface area contributed by atoms with Crippen LogP contribution in [0.1, 0.15) is 0 Å². The zero-order chi connectivity index (χ0) is 15.6. The molecule has 23 heavy (non-hydrogen) atoms. The summed E-state index contributed by atoms with van der Waals surface area (Å²) in [6, 6.07) is 14.0. The summed E-state index contributed by atoms with van der Waals surface area (Å²) in [6.07, 6.45) is 6.98. The number of nitrogens with zero attached hydrogens (tertiary/aromatic N) is 2. The highest BCUT2D eigenvalue weighted by atomic mass is 35.5. The summed E-state index contributed by atoms with van der Waals surface area (Å²) in [5, 5.41) is 5.20. The molecule has 0 aliphatic heterocycles. The molecule has 0 saturated carbocycles. The van der Waals surface area contributed by atoms with Crippen molar-refractivity contribution < 1.29 is 0 Å². The standard InChI is InChI=1S/C18H13ClN4/c19-12-5-6-18(23-13-8-20-11-21-9-13)15(7-12)16-10-22-17-4-2-1-3-14(16)17/h1-11,22-23H. The summed E-state index contributed by atoms with van der Waals surface area (Å²) in [5.41, 5.74) is 5.00. The van der Waals surface area contributed by atoms with Gasteiger partial charge in [-0.3, -0.25) is 0 Å². The van der Waals surface area contributed by atoms with E-state index < -0.39 is 0 Å². The normalized spacial score (nSPS) is 10.8. The minimum atomic E-state index is 0.695. The van der Waals surface area contributed by atoms with Crippen molar-refractivity contribution in [1.29, 1.82) is 0 Å². The molecule has 2 heterocycles. The fraction of sp³-hybridized carbons (Fsp3) is 0. The molecular formula is C18H13ClN4. The minimum absolute atomic E-state index is 0.695. The van der Waals surface area contributed by atoms with E-state index in [0.29, 0.717) is 5.02 Å². The van der Waals surface area contributed by atoms with Crippen molar-refractivity contribution >= 4 is 33.9 Å². The van der Waals surface area contributed by atoms with Gasteiger partial charge in [-0.2, -0.15) is 0 Å². The van der Waals surface area contributed by atoms with Gasteiger partial charge in [0.05, 0.1) is 18.1 Å². The third kappa shape index (κ3) is 2.64.